The lowest BCUT2D eigenvalue weighted by Crippen LogP contribution is -2.34. The van der Waals surface area contributed by atoms with E-state index in [-0.39, 0.29) is 16.9 Å². The van der Waals surface area contributed by atoms with E-state index in [1.165, 1.54) is 6.20 Å². The predicted molar refractivity (Wildman–Crippen MR) is 91.0 cm³/mol. The number of H-pyrrole nitrogens is 1. The number of aromatic amines is 1. The van der Waals surface area contributed by atoms with E-state index in [1.54, 1.807) is 21.5 Å². The number of rotatable bonds is 2. The van der Waals surface area contributed by atoms with Gasteiger partial charge in [-0.1, -0.05) is 19.1 Å². The molecule has 1 saturated heterocycles. The Morgan fingerprint density at radius 3 is 2.96 bits per heavy atom. The van der Waals surface area contributed by atoms with E-state index in [2.05, 4.69) is 17.0 Å². The molecular formula is C17H19N5O2. The van der Waals surface area contributed by atoms with E-state index in [1.807, 2.05) is 12.1 Å². The maximum Gasteiger partial charge on any atom is 0.259 e. The Labute approximate surface area is 138 Å². The summed E-state index contributed by atoms with van der Waals surface area (Å²) in [5.41, 5.74) is 7.09. The van der Waals surface area contributed by atoms with Crippen molar-refractivity contribution in [2.75, 3.05) is 19.6 Å². The minimum Gasteiger partial charge on any atom is -0.338 e. The Kier molecular flexibility index (Phi) is 3.21. The summed E-state index contributed by atoms with van der Waals surface area (Å²) in [5, 5.41) is 4.86. The number of carbonyl (C=O) groups is 1. The molecule has 1 fully saturated rings. The molecule has 0 spiro atoms. The fraction of sp³-hybridized carbons (Fsp3) is 0.353. The smallest absolute Gasteiger partial charge is 0.259 e. The van der Waals surface area contributed by atoms with Gasteiger partial charge in [-0.2, -0.15) is 5.10 Å². The summed E-state index contributed by atoms with van der Waals surface area (Å²) in [6.07, 6.45) is 2.41. The van der Waals surface area contributed by atoms with Crippen LogP contribution in [0.25, 0.3) is 16.6 Å². The molecule has 24 heavy (non-hydrogen) atoms. The number of hydrogen-bond donors (Lipinski definition) is 2. The highest BCUT2D eigenvalue weighted by Crippen LogP contribution is 2.30. The van der Waals surface area contributed by atoms with Crippen molar-refractivity contribution in [2.24, 2.45) is 11.1 Å². The predicted octanol–water partition coefficient (Wildman–Crippen LogP) is 0.987. The maximum atomic E-state index is 12.9. The van der Waals surface area contributed by atoms with Crippen LogP contribution in [0.3, 0.4) is 0 Å². The Bertz CT molecular complexity index is 1010. The molecule has 124 valence electrons. The lowest BCUT2D eigenvalue weighted by molar-refractivity contribution is 0.0778. The van der Waals surface area contributed by atoms with Crippen molar-refractivity contribution >= 4 is 22.5 Å². The molecule has 7 heteroatoms. The van der Waals surface area contributed by atoms with Crippen LogP contribution in [0.4, 0.5) is 0 Å². The quantitative estimate of drug-likeness (QED) is 0.734. The third-order valence-corrected chi connectivity index (χ3v) is 4.95. The molecule has 2 aromatic heterocycles. The van der Waals surface area contributed by atoms with E-state index >= 15 is 0 Å². The Balaban J connectivity index is 1.81. The molecular weight excluding hydrogens is 306 g/mol. The van der Waals surface area contributed by atoms with Crippen LogP contribution in [0.1, 0.15) is 23.7 Å². The number of amides is 1. The molecule has 1 atom stereocenters. The first-order valence-corrected chi connectivity index (χ1v) is 8.00. The summed E-state index contributed by atoms with van der Waals surface area (Å²) in [6, 6.07) is 7.21. The Morgan fingerprint density at radius 2 is 2.21 bits per heavy atom. The zero-order chi connectivity index (χ0) is 16.9. The van der Waals surface area contributed by atoms with Crippen LogP contribution in [0, 0.1) is 5.41 Å². The van der Waals surface area contributed by atoms with Crippen molar-refractivity contribution in [2.45, 2.75) is 13.3 Å². The molecule has 1 unspecified atom stereocenters. The number of benzene rings is 1. The molecule has 0 radical (unpaired) electrons. The number of nitrogens with zero attached hydrogens (tertiary/aromatic N) is 3. The molecule has 3 aromatic rings. The van der Waals surface area contributed by atoms with Gasteiger partial charge in [0, 0.05) is 13.1 Å². The summed E-state index contributed by atoms with van der Waals surface area (Å²) in [6.45, 7) is 3.93. The molecule has 0 bridgehead atoms. The number of hydrogen-bond acceptors (Lipinski definition) is 4. The second-order valence-corrected chi connectivity index (χ2v) is 6.78. The third kappa shape index (κ3) is 2.12. The van der Waals surface area contributed by atoms with Gasteiger partial charge in [0.1, 0.15) is 11.2 Å². The van der Waals surface area contributed by atoms with Gasteiger partial charge in [0.25, 0.3) is 11.5 Å². The standard InChI is InChI=1S/C17H19N5O2/c1-17(9-18)6-7-21(10-17)16(24)12-8-19-22-13-5-3-2-4-11(13)15(23)20-14(12)22/h2-5,8H,6-7,9-10,18H2,1H3,(H,20,23). The van der Waals surface area contributed by atoms with Crippen LogP contribution in [0.15, 0.2) is 35.3 Å². The SMILES string of the molecule is CC1(CN)CCN(C(=O)c2cnn3c2[nH]c(=O)c2ccccc23)C1. The average Bonchev–Trinajstić information content (AvgIpc) is 3.19. The summed E-state index contributed by atoms with van der Waals surface area (Å²) < 4.78 is 1.61. The second-order valence-electron chi connectivity index (χ2n) is 6.78. The summed E-state index contributed by atoms with van der Waals surface area (Å²) in [5.74, 6) is -0.117. The van der Waals surface area contributed by atoms with Gasteiger partial charge in [0.05, 0.1) is 17.1 Å². The summed E-state index contributed by atoms with van der Waals surface area (Å²) >= 11 is 0. The van der Waals surface area contributed by atoms with Crippen LogP contribution >= 0.6 is 0 Å². The van der Waals surface area contributed by atoms with Crippen LogP contribution in [-0.2, 0) is 0 Å². The zero-order valence-corrected chi connectivity index (χ0v) is 13.5. The first-order valence-electron chi connectivity index (χ1n) is 8.00. The maximum absolute atomic E-state index is 12.9. The summed E-state index contributed by atoms with van der Waals surface area (Å²) in [7, 11) is 0. The van der Waals surface area contributed by atoms with Crippen molar-refractivity contribution in [3.8, 4) is 0 Å². The van der Waals surface area contributed by atoms with Crippen LogP contribution in [0.2, 0.25) is 0 Å². The van der Waals surface area contributed by atoms with E-state index < -0.39 is 0 Å². The van der Waals surface area contributed by atoms with Gasteiger partial charge in [-0.3, -0.25) is 9.59 Å². The molecule has 4 rings (SSSR count). The molecule has 1 amide bonds. The van der Waals surface area contributed by atoms with E-state index in [9.17, 15) is 9.59 Å². The van der Waals surface area contributed by atoms with Gasteiger partial charge in [0.2, 0.25) is 0 Å². The topological polar surface area (TPSA) is 96.5 Å². The summed E-state index contributed by atoms with van der Waals surface area (Å²) in [4.78, 5) is 29.8. The monoisotopic (exact) mass is 325 g/mol. The van der Waals surface area contributed by atoms with Gasteiger partial charge in [0.15, 0.2) is 0 Å². The molecule has 1 aliphatic heterocycles. The minimum absolute atomic E-state index is 0.0429. The van der Waals surface area contributed by atoms with Crippen molar-refractivity contribution in [1.82, 2.24) is 19.5 Å². The number of nitrogens with one attached hydrogen (secondary N) is 1. The van der Waals surface area contributed by atoms with Gasteiger partial charge in [-0.05, 0) is 30.5 Å². The highest BCUT2D eigenvalue weighted by atomic mass is 16.2. The third-order valence-electron chi connectivity index (χ3n) is 4.95. The van der Waals surface area contributed by atoms with Crippen molar-refractivity contribution < 1.29 is 4.79 Å². The molecule has 0 saturated carbocycles. The Hall–Kier alpha value is -2.67. The number of aromatic nitrogens is 3. The van der Waals surface area contributed by atoms with Gasteiger partial charge in [-0.15, -0.1) is 0 Å². The molecule has 3 heterocycles. The molecule has 0 aliphatic carbocycles. The van der Waals surface area contributed by atoms with Gasteiger partial charge in [-0.25, -0.2) is 4.52 Å². The zero-order valence-electron chi connectivity index (χ0n) is 13.5. The molecule has 1 aromatic carbocycles. The van der Waals surface area contributed by atoms with Crippen LogP contribution in [-0.4, -0.2) is 45.0 Å². The first kappa shape index (κ1) is 14.9. The highest BCUT2D eigenvalue weighted by molar-refractivity contribution is 6.00. The van der Waals surface area contributed by atoms with Crippen molar-refractivity contribution in [1.29, 1.82) is 0 Å². The van der Waals surface area contributed by atoms with Gasteiger partial charge >= 0.3 is 0 Å². The second kappa shape index (κ2) is 5.17. The lowest BCUT2D eigenvalue weighted by Gasteiger charge is -2.22. The number of nitrogens with two attached hydrogens (primary N) is 1. The van der Waals surface area contributed by atoms with Crippen LogP contribution in [0.5, 0.6) is 0 Å². The van der Waals surface area contributed by atoms with Crippen molar-refractivity contribution in [3.63, 3.8) is 0 Å². The van der Waals surface area contributed by atoms with Crippen LogP contribution < -0.4 is 11.3 Å². The van der Waals surface area contributed by atoms with E-state index in [4.69, 9.17) is 5.73 Å². The Morgan fingerprint density at radius 1 is 1.42 bits per heavy atom. The molecule has 3 N–H and O–H groups in total. The van der Waals surface area contributed by atoms with Gasteiger partial charge < -0.3 is 15.6 Å². The minimum atomic E-state index is -0.221. The number of likely N-dealkylation sites (tertiary alicyclic amines) is 1. The fourth-order valence-corrected chi connectivity index (χ4v) is 3.37. The number of fused-ring (bicyclic) bond motifs is 3. The number of para-hydroxylation sites is 1. The van der Waals surface area contributed by atoms with E-state index in [0.717, 1.165) is 6.42 Å². The number of carbonyl (C=O) groups excluding carboxylic acids is 1. The average molecular weight is 325 g/mol. The fourth-order valence-electron chi connectivity index (χ4n) is 3.37. The molecule has 1 aliphatic rings. The largest absolute Gasteiger partial charge is 0.338 e. The molecule has 7 nitrogen and oxygen atoms in total. The van der Waals surface area contributed by atoms with Crippen molar-refractivity contribution in [3.05, 3.63) is 46.4 Å². The van der Waals surface area contributed by atoms with E-state index in [0.29, 0.717) is 41.7 Å². The first-order chi connectivity index (χ1) is 11.5. The normalized spacial score (nSPS) is 21.0. The highest BCUT2D eigenvalue weighted by Gasteiger charge is 2.36. The lowest BCUT2D eigenvalue weighted by atomic mass is 9.90.